The average molecular weight is 371 g/mol. The molecule has 2 rings (SSSR count). The Labute approximate surface area is 161 Å². The molecule has 0 aliphatic carbocycles. The highest BCUT2D eigenvalue weighted by Crippen LogP contribution is 2.23. The number of carbonyl (C=O) groups excluding carboxylic acids is 1. The number of benzene rings is 2. The summed E-state index contributed by atoms with van der Waals surface area (Å²) in [4.78, 5) is 12.0. The summed E-state index contributed by atoms with van der Waals surface area (Å²) in [5, 5.41) is 2.86. The first-order valence-electron chi connectivity index (χ1n) is 9.20. The predicted octanol–water partition coefficient (Wildman–Crippen LogP) is 3.84. The van der Waals surface area contributed by atoms with Gasteiger partial charge in [-0.25, -0.2) is 0 Å². The van der Waals surface area contributed by atoms with Crippen LogP contribution in [0.3, 0.4) is 0 Å². The molecule has 0 saturated heterocycles. The van der Waals surface area contributed by atoms with Crippen LogP contribution in [-0.4, -0.2) is 32.8 Å². The van der Waals surface area contributed by atoms with Crippen LogP contribution >= 0.6 is 0 Å². The molecule has 0 aliphatic heterocycles. The van der Waals surface area contributed by atoms with Gasteiger partial charge in [-0.3, -0.25) is 4.79 Å². The van der Waals surface area contributed by atoms with E-state index < -0.39 is 0 Å². The smallest absolute Gasteiger partial charge is 0.258 e. The number of hydrogen-bond acceptors (Lipinski definition) is 4. The third-order valence-electron chi connectivity index (χ3n) is 4.20. The summed E-state index contributed by atoms with van der Waals surface area (Å²) < 4.78 is 16.1. The first-order chi connectivity index (χ1) is 13.0. The SMILES string of the molecule is COCCOc1ccc(CNC(=O)COc2ccc(C(C)C)c(C)c2)cc1. The van der Waals surface area contributed by atoms with Gasteiger partial charge >= 0.3 is 0 Å². The third kappa shape index (κ3) is 6.94. The number of nitrogens with one attached hydrogen (secondary N) is 1. The molecule has 0 aromatic heterocycles. The van der Waals surface area contributed by atoms with Crippen LogP contribution in [-0.2, 0) is 16.1 Å². The summed E-state index contributed by atoms with van der Waals surface area (Å²) >= 11 is 0. The highest BCUT2D eigenvalue weighted by atomic mass is 16.5. The van der Waals surface area contributed by atoms with Crippen molar-refractivity contribution in [1.29, 1.82) is 0 Å². The summed E-state index contributed by atoms with van der Waals surface area (Å²) in [7, 11) is 1.64. The Morgan fingerprint density at radius 3 is 2.33 bits per heavy atom. The van der Waals surface area contributed by atoms with E-state index in [1.54, 1.807) is 7.11 Å². The lowest BCUT2D eigenvalue weighted by atomic mass is 9.98. The van der Waals surface area contributed by atoms with Crippen LogP contribution in [0.4, 0.5) is 0 Å². The summed E-state index contributed by atoms with van der Waals surface area (Å²) in [5.41, 5.74) is 3.47. The van der Waals surface area contributed by atoms with Crippen LogP contribution in [0.15, 0.2) is 42.5 Å². The lowest BCUT2D eigenvalue weighted by Gasteiger charge is -2.12. The van der Waals surface area contributed by atoms with E-state index >= 15 is 0 Å². The first-order valence-corrected chi connectivity index (χ1v) is 9.20. The maximum absolute atomic E-state index is 12.0. The Morgan fingerprint density at radius 2 is 1.70 bits per heavy atom. The number of ether oxygens (including phenoxy) is 3. The lowest BCUT2D eigenvalue weighted by Crippen LogP contribution is -2.28. The standard InChI is InChI=1S/C22H29NO4/c1-16(2)21-10-9-20(13-17(21)3)27-15-22(24)23-14-18-5-7-19(8-6-18)26-12-11-25-4/h5-10,13,16H,11-12,14-15H2,1-4H3,(H,23,24). The zero-order chi connectivity index (χ0) is 19.6. The third-order valence-corrected chi connectivity index (χ3v) is 4.20. The topological polar surface area (TPSA) is 56.8 Å². The second kappa shape index (κ2) is 10.6. The molecule has 146 valence electrons. The van der Waals surface area contributed by atoms with Crippen molar-refractivity contribution < 1.29 is 19.0 Å². The van der Waals surface area contributed by atoms with Gasteiger partial charge in [-0.2, -0.15) is 0 Å². The Hall–Kier alpha value is -2.53. The molecule has 1 amide bonds. The number of aryl methyl sites for hydroxylation is 1. The monoisotopic (exact) mass is 371 g/mol. The van der Waals surface area contributed by atoms with Crippen molar-refractivity contribution in [3.63, 3.8) is 0 Å². The number of methoxy groups -OCH3 is 1. The fraction of sp³-hybridized carbons (Fsp3) is 0.409. The van der Waals surface area contributed by atoms with Crippen molar-refractivity contribution in [2.75, 3.05) is 26.9 Å². The Morgan fingerprint density at radius 1 is 1.00 bits per heavy atom. The molecule has 0 aliphatic rings. The Bertz CT molecular complexity index is 726. The van der Waals surface area contributed by atoms with E-state index in [-0.39, 0.29) is 12.5 Å². The normalized spacial score (nSPS) is 10.7. The summed E-state index contributed by atoms with van der Waals surface area (Å²) in [5.74, 6) is 1.82. The summed E-state index contributed by atoms with van der Waals surface area (Å²) in [6, 6.07) is 13.6. The molecule has 0 spiro atoms. The lowest BCUT2D eigenvalue weighted by molar-refractivity contribution is -0.123. The van der Waals surface area contributed by atoms with Gasteiger partial charge in [0, 0.05) is 13.7 Å². The van der Waals surface area contributed by atoms with Gasteiger partial charge in [0.15, 0.2) is 6.61 Å². The molecule has 0 atom stereocenters. The fourth-order valence-electron chi connectivity index (χ4n) is 2.73. The molecule has 0 radical (unpaired) electrons. The van der Waals surface area contributed by atoms with Gasteiger partial charge in [-0.05, 0) is 53.8 Å². The maximum Gasteiger partial charge on any atom is 0.258 e. The zero-order valence-electron chi connectivity index (χ0n) is 16.6. The van der Waals surface area contributed by atoms with Gasteiger partial charge in [-0.15, -0.1) is 0 Å². The zero-order valence-corrected chi connectivity index (χ0v) is 16.6. The van der Waals surface area contributed by atoms with E-state index in [0.717, 1.165) is 11.3 Å². The summed E-state index contributed by atoms with van der Waals surface area (Å²) in [6.45, 7) is 7.90. The molecule has 27 heavy (non-hydrogen) atoms. The van der Waals surface area contributed by atoms with Crippen molar-refractivity contribution in [3.05, 3.63) is 59.2 Å². The molecular formula is C22H29NO4. The second-order valence-corrected chi connectivity index (χ2v) is 6.72. The molecular weight excluding hydrogens is 342 g/mol. The quantitative estimate of drug-likeness (QED) is 0.645. The van der Waals surface area contributed by atoms with Crippen LogP contribution < -0.4 is 14.8 Å². The van der Waals surface area contributed by atoms with E-state index in [2.05, 4.69) is 32.2 Å². The molecule has 0 heterocycles. The van der Waals surface area contributed by atoms with Crippen LogP contribution in [0.25, 0.3) is 0 Å². The van der Waals surface area contributed by atoms with E-state index in [1.165, 1.54) is 11.1 Å². The first kappa shape index (κ1) is 20.8. The van der Waals surface area contributed by atoms with E-state index in [4.69, 9.17) is 14.2 Å². The van der Waals surface area contributed by atoms with Crippen LogP contribution in [0.1, 0.15) is 36.5 Å². The highest BCUT2D eigenvalue weighted by Gasteiger charge is 2.07. The largest absolute Gasteiger partial charge is 0.491 e. The van der Waals surface area contributed by atoms with Crippen molar-refractivity contribution in [2.45, 2.75) is 33.2 Å². The summed E-state index contributed by atoms with van der Waals surface area (Å²) in [6.07, 6.45) is 0. The Kier molecular flexibility index (Phi) is 8.14. The van der Waals surface area contributed by atoms with Gasteiger partial charge in [0.25, 0.3) is 5.91 Å². The van der Waals surface area contributed by atoms with Gasteiger partial charge in [0.1, 0.15) is 18.1 Å². The minimum Gasteiger partial charge on any atom is -0.491 e. The van der Waals surface area contributed by atoms with E-state index in [1.807, 2.05) is 36.4 Å². The molecule has 2 aromatic carbocycles. The molecule has 0 unspecified atom stereocenters. The van der Waals surface area contributed by atoms with E-state index in [9.17, 15) is 4.79 Å². The van der Waals surface area contributed by atoms with Gasteiger partial charge in [0.05, 0.1) is 6.61 Å². The maximum atomic E-state index is 12.0. The van der Waals surface area contributed by atoms with Crippen LogP contribution in [0.5, 0.6) is 11.5 Å². The second-order valence-electron chi connectivity index (χ2n) is 6.72. The molecule has 0 saturated carbocycles. The molecule has 2 aromatic rings. The van der Waals surface area contributed by atoms with Crippen LogP contribution in [0.2, 0.25) is 0 Å². The molecule has 5 heteroatoms. The minimum absolute atomic E-state index is 0.00131. The van der Waals surface area contributed by atoms with Crippen LogP contribution in [0, 0.1) is 6.92 Å². The van der Waals surface area contributed by atoms with Crippen molar-refractivity contribution in [3.8, 4) is 11.5 Å². The molecule has 5 nitrogen and oxygen atoms in total. The highest BCUT2D eigenvalue weighted by molar-refractivity contribution is 5.77. The fourth-order valence-corrected chi connectivity index (χ4v) is 2.73. The average Bonchev–Trinajstić information content (AvgIpc) is 2.65. The van der Waals surface area contributed by atoms with Crippen molar-refractivity contribution in [1.82, 2.24) is 5.32 Å². The van der Waals surface area contributed by atoms with Gasteiger partial charge in [0.2, 0.25) is 0 Å². The van der Waals surface area contributed by atoms with Crippen molar-refractivity contribution >= 4 is 5.91 Å². The molecule has 0 fully saturated rings. The number of carbonyl (C=O) groups is 1. The van der Waals surface area contributed by atoms with E-state index in [0.29, 0.717) is 31.4 Å². The minimum atomic E-state index is -0.152. The van der Waals surface area contributed by atoms with Crippen molar-refractivity contribution in [2.24, 2.45) is 0 Å². The van der Waals surface area contributed by atoms with Gasteiger partial charge in [-0.1, -0.05) is 32.0 Å². The predicted molar refractivity (Wildman–Crippen MR) is 106 cm³/mol. The molecule has 0 bridgehead atoms. The number of amides is 1. The number of rotatable bonds is 10. The Balaban J connectivity index is 1.75. The van der Waals surface area contributed by atoms with Gasteiger partial charge < -0.3 is 19.5 Å². The number of hydrogen-bond donors (Lipinski definition) is 1. The molecule has 1 N–H and O–H groups in total.